The molecule has 0 bridgehead atoms. The van der Waals surface area contributed by atoms with Crippen LogP contribution < -0.4 is 28.3 Å². The van der Waals surface area contributed by atoms with Crippen molar-refractivity contribution in [3.8, 4) is 0 Å². The molecule has 166 valence electrons. The third-order valence-corrected chi connectivity index (χ3v) is 4.11. The van der Waals surface area contributed by atoms with Gasteiger partial charge >= 0.3 is 0 Å². The van der Waals surface area contributed by atoms with Gasteiger partial charge in [-0.25, -0.2) is 4.39 Å². The zero-order valence-corrected chi connectivity index (χ0v) is 18.0. The van der Waals surface area contributed by atoms with Crippen molar-refractivity contribution >= 4 is 24.3 Å². The Morgan fingerprint density at radius 2 is 2.00 bits per heavy atom. The first-order valence-electron chi connectivity index (χ1n) is 9.41. The molecule has 8 nitrogen and oxygen atoms in total. The normalized spacial score (nSPS) is 13.1. The largest absolute Gasteiger partial charge is 0.399 e. The molecule has 0 heterocycles. The first-order valence-corrected chi connectivity index (χ1v) is 9.41. The molecule has 0 saturated carbocycles. The summed E-state index contributed by atoms with van der Waals surface area (Å²) < 4.78 is 13.9. The van der Waals surface area contributed by atoms with Crippen molar-refractivity contribution in [3.63, 3.8) is 0 Å². The van der Waals surface area contributed by atoms with Gasteiger partial charge in [0.05, 0.1) is 12.2 Å². The Labute approximate surface area is 182 Å². The number of anilines is 1. The minimum atomic E-state index is -0.513. The fourth-order valence-corrected chi connectivity index (χ4v) is 2.47. The van der Waals surface area contributed by atoms with Crippen molar-refractivity contribution < 1.29 is 4.39 Å². The van der Waals surface area contributed by atoms with Crippen molar-refractivity contribution in [2.75, 3.05) is 25.9 Å². The molecule has 0 aromatic heterocycles. The summed E-state index contributed by atoms with van der Waals surface area (Å²) in [7, 11) is 1.58. The van der Waals surface area contributed by atoms with Crippen LogP contribution in [0.1, 0.15) is 18.1 Å². The second-order valence-electron chi connectivity index (χ2n) is 6.46. The molecule has 0 aliphatic rings. The van der Waals surface area contributed by atoms with Gasteiger partial charge < -0.3 is 28.3 Å². The molecule has 0 radical (unpaired) electrons. The van der Waals surface area contributed by atoms with E-state index in [9.17, 15) is 4.39 Å². The summed E-state index contributed by atoms with van der Waals surface area (Å²) in [5.41, 5.74) is 27.1. The molecule has 0 unspecified atom stereocenters. The van der Waals surface area contributed by atoms with E-state index in [1.165, 1.54) is 29.6 Å². The third kappa shape index (κ3) is 8.19. The van der Waals surface area contributed by atoms with E-state index in [1.807, 2.05) is 19.1 Å². The molecule has 0 fully saturated rings. The SMILES string of the molecule is C=NN(/C=C(\N)c1cc(F)cc(N)c1C=NC)C/C(N)=C/NC(=C)/C=C\C(=C/C)CN. The number of nitrogens with one attached hydrogen (secondary N) is 1. The number of rotatable bonds is 11. The standard InChI is InChI=1S/C22H31FN8/c1-5-16(10-24)7-6-15(2)30-11-18(25)13-31(29-4)14-22(27)19-8-17(23)9-21(26)20(19)12-28-3/h5-9,11-12,14,30H,2,4,10,13,24-27H2,1,3H3/b7-6-,16-5+,18-11-,22-14-,28-12?. The number of allylic oxidation sites excluding steroid dienone is 2. The topological polar surface area (TPSA) is 144 Å². The lowest BCUT2D eigenvalue weighted by Gasteiger charge is -2.17. The molecule has 0 atom stereocenters. The molecule has 0 amide bonds. The van der Waals surface area contributed by atoms with E-state index in [2.05, 4.69) is 28.7 Å². The Kier molecular flexibility index (Phi) is 10.3. The van der Waals surface area contributed by atoms with E-state index in [0.29, 0.717) is 29.1 Å². The van der Waals surface area contributed by atoms with E-state index < -0.39 is 5.82 Å². The predicted octanol–water partition coefficient (Wildman–Crippen LogP) is 2.00. The summed E-state index contributed by atoms with van der Waals surface area (Å²) in [5.74, 6) is -0.513. The summed E-state index contributed by atoms with van der Waals surface area (Å²) in [6, 6.07) is 2.48. The van der Waals surface area contributed by atoms with Gasteiger partial charge in [-0.2, -0.15) is 5.10 Å². The number of nitrogen functional groups attached to an aromatic ring is 1. The highest BCUT2D eigenvalue weighted by molar-refractivity contribution is 5.93. The quantitative estimate of drug-likeness (QED) is 0.158. The van der Waals surface area contributed by atoms with Gasteiger partial charge in [-0.15, -0.1) is 0 Å². The zero-order chi connectivity index (χ0) is 23.4. The highest BCUT2D eigenvalue weighted by Crippen LogP contribution is 2.22. The van der Waals surface area contributed by atoms with Crippen molar-refractivity contribution in [2.24, 2.45) is 27.3 Å². The summed E-state index contributed by atoms with van der Waals surface area (Å²) in [6.45, 7) is 9.94. The number of hydrazone groups is 1. The van der Waals surface area contributed by atoms with Crippen molar-refractivity contribution in [2.45, 2.75) is 6.92 Å². The lowest BCUT2D eigenvalue weighted by molar-refractivity contribution is 0.435. The van der Waals surface area contributed by atoms with Crippen LogP contribution in [-0.4, -0.2) is 38.1 Å². The van der Waals surface area contributed by atoms with Crippen LogP contribution in [0.2, 0.25) is 0 Å². The number of hydrogen-bond acceptors (Lipinski definition) is 8. The van der Waals surface area contributed by atoms with Gasteiger partial charge in [-0.05, 0) is 30.7 Å². The van der Waals surface area contributed by atoms with E-state index in [1.54, 1.807) is 19.3 Å². The molecule has 0 aliphatic carbocycles. The Bertz CT molecular complexity index is 941. The van der Waals surface area contributed by atoms with Gasteiger partial charge in [0.15, 0.2) is 0 Å². The summed E-state index contributed by atoms with van der Waals surface area (Å²) in [5, 5.41) is 8.28. The Hall–Kier alpha value is -3.85. The second-order valence-corrected chi connectivity index (χ2v) is 6.46. The highest BCUT2D eigenvalue weighted by Gasteiger charge is 2.11. The van der Waals surface area contributed by atoms with Crippen LogP contribution in [-0.2, 0) is 0 Å². The maximum absolute atomic E-state index is 13.9. The second kappa shape index (κ2) is 12.7. The minimum Gasteiger partial charge on any atom is -0.399 e. The number of aliphatic imine (C=N–C) groups is 1. The number of benzene rings is 1. The van der Waals surface area contributed by atoms with Gasteiger partial charge in [0, 0.05) is 67.1 Å². The van der Waals surface area contributed by atoms with Crippen molar-refractivity contribution in [1.82, 2.24) is 10.3 Å². The minimum absolute atomic E-state index is 0.180. The van der Waals surface area contributed by atoms with Crippen LogP contribution >= 0.6 is 0 Å². The van der Waals surface area contributed by atoms with Crippen LogP contribution in [0.25, 0.3) is 5.70 Å². The Morgan fingerprint density at radius 1 is 1.29 bits per heavy atom. The molecule has 9 heteroatoms. The van der Waals surface area contributed by atoms with Crippen LogP contribution in [0, 0.1) is 5.82 Å². The lowest BCUT2D eigenvalue weighted by atomic mass is 10.0. The first kappa shape index (κ1) is 25.2. The predicted molar refractivity (Wildman–Crippen MR) is 129 cm³/mol. The van der Waals surface area contributed by atoms with Gasteiger partial charge in [0.1, 0.15) is 5.82 Å². The molecule has 0 aliphatic heterocycles. The average Bonchev–Trinajstić information content (AvgIpc) is 2.74. The average molecular weight is 427 g/mol. The Balaban J connectivity index is 2.96. The summed E-state index contributed by atoms with van der Waals surface area (Å²) >= 11 is 0. The lowest BCUT2D eigenvalue weighted by Crippen LogP contribution is -2.21. The first-order chi connectivity index (χ1) is 14.7. The van der Waals surface area contributed by atoms with Crippen LogP contribution in [0.4, 0.5) is 10.1 Å². The summed E-state index contributed by atoms with van der Waals surface area (Å²) in [6.07, 6.45) is 10.2. The van der Waals surface area contributed by atoms with Gasteiger partial charge in [-0.3, -0.25) is 10.0 Å². The molecule has 0 saturated heterocycles. The Morgan fingerprint density at radius 3 is 2.58 bits per heavy atom. The number of nitrogens with two attached hydrogens (primary N) is 4. The number of halogens is 1. The maximum Gasteiger partial charge on any atom is 0.125 e. The summed E-state index contributed by atoms with van der Waals surface area (Å²) in [4.78, 5) is 3.94. The number of nitrogens with zero attached hydrogens (tertiary/aromatic N) is 3. The third-order valence-electron chi connectivity index (χ3n) is 4.11. The van der Waals surface area contributed by atoms with E-state index >= 15 is 0 Å². The molecule has 0 spiro atoms. The molecule has 1 aromatic carbocycles. The van der Waals surface area contributed by atoms with Crippen LogP contribution in [0.3, 0.4) is 0 Å². The number of hydrogen-bond donors (Lipinski definition) is 5. The van der Waals surface area contributed by atoms with Crippen LogP contribution in [0.5, 0.6) is 0 Å². The fourth-order valence-electron chi connectivity index (χ4n) is 2.47. The fraction of sp³-hybridized carbons (Fsp3) is 0.182. The van der Waals surface area contributed by atoms with Crippen molar-refractivity contribution in [1.29, 1.82) is 0 Å². The van der Waals surface area contributed by atoms with Crippen LogP contribution in [0.15, 0.2) is 76.4 Å². The monoisotopic (exact) mass is 426 g/mol. The van der Waals surface area contributed by atoms with E-state index in [-0.39, 0.29) is 17.9 Å². The molecular formula is C22H31FN8. The zero-order valence-electron chi connectivity index (χ0n) is 18.0. The molecular weight excluding hydrogens is 395 g/mol. The van der Waals surface area contributed by atoms with Crippen molar-refractivity contribution in [3.05, 3.63) is 83.3 Å². The van der Waals surface area contributed by atoms with Gasteiger partial charge in [0.2, 0.25) is 0 Å². The molecule has 1 aromatic rings. The van der Waals surface area contributed by atoms with E-state index in [0.717, 1.165) is 5.57 Å². The van der Waals surface area contributed by atoms with Gasteiger partial charge in [-0.1, -0.05) is 18.7 Å². The van der Waals surface area contributed by atoms with Gasteiger partial charge in [0.25, 0.3) is 0 Å². The molecule has 1 rings (SSSR count). The highest BCUT2D eigenvalue weighted by atomic mass is 19.1. The molecule has 31 heavy (non-hydrogen) atoms. The van der Waals surface area contributed by atoms with E-state index in [4.69, 9.17) is 22.9 Å². The smallest absolute Gasteiger partial charge is 0.125 e. The molecule has 9 N–H and O–H groups in total. The maximum atomic E-state index is 13.9.